The van der Waals surface area contributed by atoms with E-state index in [1.165, 1.54) is 0 Å². The van der Waals surface area contributed by atoms with Crippen LogP contribution in [-0.2, 0) is 11.8 Å². The number of urea groups is 1. The Balaban J connectivity index is 1.19. The normalized spacial score (nSPS) is 29.1. The second-order valence-electron chi connectivity index (χ2n) is 9.34. The predicted molar refractivity (Wildman–Crippen MR) is 111 cm³/mol. The molecule has 4 aliphatic rings. The van der Waals surface area contributed by atoms with Crippen molar-refractivity contribution < 1.29 is 14.4 Å². The first kappa shape index (κ1) is 19.5. The largest absolute Gasteiger partial charge is 0.347 e. The van der Waals surface area contributed by atoms with Gasteiger partial charge in [0.2, 0.25) is 5.91 Å². The summed E-state index contributed by atoms with van der Waals surface area (Å²) in [5.74, 6) is 1.14. The van der Waals surface area contributed by atoms with E-state index in [0.29, 0.717) is 62.1 Å². The van der Waals surface area contributed by atoms with Crippen molar-refractivity contribution in [2.75, 3.05) is 45.8 Å². The molecule has 162 valence electrons. The maximum Gasteiger partial charge on any atom is 0.320 e. The maximum atomic E-state index is 13.2. The molecule has 1 aromatic rings. The van der Waals surface area contributed by atoms with Gasteiger partial charge in [-0.1, -0.05) is 0 Å². The number of piperidine rings is 3. The minimum atomic E-state index is 0.0316. The van der Waals surface area contributed by atoms with Crippen molar-refractivity contribution >= 4 is 17.8 Å². The first-order chi connectivity index (χ1) is 14.5. The van der Waals surface area contributed by atoms with Gasteiger partial charge in [-0.3, -0.25) is 9.59 Å². The molecule has 0 aromatic carbocycles. The number of amides is 4. The molecule has 0 saturated carbocycles. The highest BCUT2D eigenvalue weighted by atomic mass is 16.2. The highest BCUT2D eigenvalue weighted by Gasteiger charge is 2.45. The van der Waals surface area contributed by atoms with E-state index in [2.05, 4.69) is 4.90 Å². The molecule has 4 saturated heterocycles. The molecule has 4 amide bonds. The van der Waals surface area contributed by atoms with E-state index >= 15 is 0 Å². The number of carbonyl (C=O) groups is 3. The van der Waals surface area contributed by atoms with Crippen LogP contribution in [0.3, 0.4) is 0 Å². The predicted octanol–water partition coefficient (Wildman–Crippen LogP) is 1.24. The number of nitrogens with zero attached hydrogens (tertiary/aromatic N) is 5. The van der Waals surface area contributed by atoms with Gasteiger partial charge < -0.3 is 24.2 Å². The van der Waals surface area contributed by atoms with Crippen LogP contribution >= 0.6 is 0 Å². The molecule has 30 heavy (non-hydrogen) atoms. The summed E-state index contributed by atoms with van der Waals surface area (Å²) in [5, 5.41) is 0. The number of hydrogen-bond acceptors (Lipinski definition) is 3. The standard InChI is InChI=1S/C22H31N5O3/c1-23-7-3-5-19(23)21(29)24-8-10-25(11-9-24)22(30)26-13-16-12-17(15-26)18-4-2-6-20(28)27(18)14-16/h3,5,7,16-18H,2,4,6,8-15H2,1H3/t16-,17-,18-/m1/s1. The molecule has 4 aliphatic heterocycles. The first-order valence-corrected chi connectivity index (χ1v) is 11.2. The van der Waals surface area contributed by atoms with Crippen LogP contribution < -0.4 is 0 Å². The van der Waals surface area contributed by atoms with Crippen molar-refractivity contribution in [3.05, 3.63) is 24.0 Å². The van der Waals surface area contributed by atoms with Crippen LogP contribution in [0.15, 0.2) is 18.3 Å². The third-order valence-electron chi connectivity index (χ3n) is 7.45. The molecular weight excluding hydrogens is 382 g/mol. The Morgan fingerprint density at radius 1 is 1.00 bits per heavy atom. The van der Waals surface area contributed by atoms with Gasteiger partial charge in [0, 0.05) is 71.5 Å². The summed E-state index contributed by atoms with van der Waals surface area (Å²) in [5.41, 5.74) is 0.685. The zero-order valence-corrected chi connectivity index (χ0v) is 17.7. The zero-order chi connectivity index (χ0) is 20.8. The molecule has 0 radical (unpaired) electrons. The number of piperazine rings is 1. The van der Waals surface area contributed by atoms with Crippen molar-refractivity contribution in [2.24, 2.45) is 18.9 Å². The van der Waals surface area contributed by atoms with Crippen LogP contribution in [-0.4, -0.2) is 93.9 Å². The third kappa shape index (κ3) is 3.36. The highest BCUT2D eigenvalue weighted by molar-refractivity contribution is 5.93. The molecule has 1 aromatic heterocycles. The van der Waals surface area contributed by atoms with Crippen molar-refractivity contribution in [1.29, 1.82) is 0 Å². The van der Waals surface area contributed by atoms with E-state index in [-0.39, 0.29) is 11.9 Å². The van der Waals surface area contributed by atoms with E-state index < -0.39 is 0 Å². The molecule has 0 unspecified atom stereocenters. The van der Waals surface area contributed by atoms with Crippen LogP contribution in [0.1, 0.15) is 36.2 Å². The van der Waals surface area contributed by atoms with Gasteiger partial charge in [-0.15, -0.1) is 0 Å². The van der Waals surface area contributed by atoms with Gasteiger partial charge in [0.25, 0.3) is 5.91 Å². The zero-order valence-electron chi connectivity index (χ0n) is 17.7. The summed E-state index contributed by atoms with van der Waals surface area (Å²) < 4.78 is 1.84. The summed E-state index contributed by atoms with van der Waals surface area (Å²) in [6, 6.07) is 4.14. The van der Waals surface area contributed by atoms with E-state index in [0.717, 1.165) is 38.9 Å². The topological polar surface area (TPSA) is 69.1 Å². The lowest BCUT2D eigenvalue weighted by molar-refractivity contribution is -0.144. The summed E-state index contributed by atoms with van der Waals surface area (Å²) in [7, 11) is 1.88. The quantitative estimate of drug-likeness (QED) is 0.696. The van der Waals surface area contributed by atoms with Crippen LogP contribution in [0.4, 0.5) is 4.79 Å². The Morgan fingerprint density at radius 2 is 1.77 bits per heavy atom. The van der Waals surface area contributed by atoms with E-state index in [4.69, 9.17) is 0 Å². The smallest absolute Gasteiger partial charge is 0.320 e. The van der Waals surface area contributed by atoms with Crippen molar-refractivity contribution in [3.63, 3.8) is 0 Å². The molecule has 0 spiro atoms. The van der Waals surface area contributed by atoms with Gasteiger partial charge in [0.05, 0.1) is 0 Å². The number of likely N-dealkylation sites (tertiary alicyclic amines) is 1. The Labute approximate surface area is 177 Å². The average molecular weight is 414 g/mol. The van der Waals surface area contributed by atoms with E-state index in [1.54, 1.807) is 0 Å². The molecule has 5 rings (SSSR count). The number of fused-ring (bicyclic) bond motifs is 4. The van der Waals surface area contributed by atoms with Gasteiger partial charge in [0.1, 0.15) is 5.69 Å². The molecular formula is C22H31N5O3. The molecule has 8 heteroatoms. The molecule has 0 N–H and O–H groups in total. The second-order valence-corrected chi connectivity index (χ2v) is 9.34. The van der Waals surface area contributed by atoms with Crippen LogP contribution in [0, 0.1) is 11.8 Å². The summed E-state index contributed by atoms with van der Waals surface area (Å²) in [6.45, 7) is 4.61. The molecule has 5 heterocycles. The number of rotatable bonds is 1. The number of aryl methyl sites for hydroxylation is 1. The second kappa shape index (κ2) is 7.63. The van der Waals surface area contributed by atoms with Crippen LogP contribution in [0.2, 0.25) is 0 Å². The SMILES string of the molecule is Cn1cccc1C(=O)N1CCN(C(=O)N2C[C@H]3C[C@H](C2)[C@H]2CCCC(=O)N2C3)CC1. The van der Waals surface area contributed by atoms with Crippen molar-refractivity contribution in [1.82, 2.24) is 24.2 Å². The summed E-state index contributed by atoms with van der Waals surface area (Å²) in [4.78, 5) is 46.1. The van der Waals surface area contributed by atoms with E-state index in [1.807, 2.05) is 44.6 Å². The lowest BCUT2D eigenvalue weighted by Gasteiger charge is -2.53. The monoisotopic (exact) mass is 413 g/mol. The fourth-order valence-electron chi connectivity index (χ4n) is 5.91. The van der Waals surface area contributed by atoms with Crippen molar-refractivity contribution in [3.8, 4) is 0 Å². The van der Waals surface area contributed by atoms with Crippen LogP contribution in [0.5, 0.6) is 0 Å². The average Bonchev–Trinajstić information content (AvgIpc) is 3.19. The molecule has 8 nitrogen and oxygen atoms in total. The Morgan fingerprint density at radius 3 is 2.50 bits per heavy atom. The molecule has 3 atom stereocenters. The van der Waals surface area contributed by atoms with Gasteiger partial charge in [0.15, 0.2) is 0 Å². The maximum absolute atomic E-state index is 13.2. The lowest BCUT2D eigenvalue weighted by atomic mass is 9.76. The highest BCUT2D eigenvalue weighted by Crippen LogP contribution is 2.38. The van der Waals surface area contributed by atoms with E-state index in [9.17, 15) is 14.4 Å². The third-order valence-corrected chi connectivity index (χ3v) is 7.45. The van der Waals surface area contributed by atoms with Gasteiger partial charge >= 0.3 is 6.03 Å². The fourth-order valence-corrected chi connectivity index (χ4v) is 5.91. The minimum Gasteiger partial charge on any atom is -0.347 e. The van der Waals surface area contributed by atoms with Gasteiger partial charge in [-0.05, 0) is 43.2 Å². The molecule has 4 fully saturated rings. The summed E-state index contributed by atoms with van der Waals surface area (Å²) in [6.07, 6.45) is 5.75. The summed E-state index contributed by atoms with van der Waals surface area (Å²) >= 11 is 0. The molecule has 2 bridgehead atoms. The van der Waals surface area contributed by atoms with Gasteiger partial charge in [-0.2, -0.15) is 0 Å². The minimum absolute atomic E-state index is 0.0316. The Kier molecular flexibility index (Phi) is 4.95. The number of hydrogen-bond donors (Lipinski definition) is 0. The Hall–Kier alpha value is -2.51. The van der Waals surface area contributed by atoms with Crippen molar-refractivity contribution in [2.45, 2.75) is 31.7 Å². The van der Waals surface area contributed by atoms with Crippen LogP contribution in [0.25, 0.3) is 0 Å². The molecule has 0 aliphatic carbocycles. The van der Waals surface area contributed by atoms with Gasteiger partial charge in [-0.25, -0.2) is 4.79 Å². The number of aromatic nitrogens is 1. The lowest BCUT2D eigenvalue weighted by Crippen LogP contribution is -2.63. The first-order valence-electron chi connectivity index (χ1n) is 11.2. The number of carbonyl (C=O) groups excluding carboxylic acids is 3. The fraction of sp³-hybridized carbons (Fsp3) is 0.682. The Bertz CT molecular complexity index is 844.